The van der Waals surface area contributed by atoms with Crippen LogP contribution in [0.2, 0.25) is 5.02 Å². The summed E-state index contributed by atoms with van der Waals surface area (Å²) in [6.45, 7) is 7.70. The first-order valence-corrected chi connectivity index (χ1v) is 11.1. The van der Waals surface area contributed by atoms with E-state index in [0.717, 1.165) is 35.2 Å². The van der Waals surface area contributed by atoms with Crippen LogP contribution in [0.15, 0.2) is 42.5 Å². The highest BCUT2D eigenvalue weighted by Gasteiger charge is 2.21. The average molecular weight is 454 g/mol. The molecule has 0 aliphatic carbocycles. The van der Waals surface area contributed by atoms with Gasteiger partial charge in [-0.2, -0.15) is 5.10 Å². The van der Waals surface area contributed by atoms with E-state index in [2.05, 4.69) is 10.4 Å². The molecule has 3 rings (SSSR count). The largest absolute Gasteiger partial charge is 0.452 e. The van der Waals surface area contributed by atoms with Crippen LogP contribution in [-0.2, 0) is 28.9 Å². The van der Waals surface area contributed by atoms with E-state index in [4.69, 9.17) is 16.3 Å². The number of carbonyl (C=O) groups excluding carboxylic acids is 2. The number of benzene rings is 2. The number of nitrogens with zero attached hydrogens (tertiary/aromatic N) is 2. The monoisotopic (exact) mass is 453 g/mol. The second-order valence-electron chi connectivity index (χ2n) is 7.58. The molecule has 0 unspecified atom stereocenters. The van der Waals surface area contributed by atoms with Crippen molar-refractivity contribution < 1.29 is 14.3 Å². The van der Waals surface area contributed by atoms with E-state index in [1.165, 1.54) is 0 Å². The van der Waals surface area contributed by atoms with Crippen molar-refractivity contribution in [3.8, 4) is 0 Å². The molecule has 7 heteroatoms. The third kappa shape index (κ3) is 5.19. The molecule has 1 heterocycles. The van der Waals surface area contributed by atoms with Crippen LogP contribution in [0.25, 0.3) is 0 Å². The smallest absolute Gasteiger partial charge is 0.342 e. The van der Waals surface area contributed by atoms with Gasteiger partial charge in [-0.1, -0.05) is 61.8 Å². The van der Waals surface area contributed by atoms with Gasteiger partial charge in [0, 0.05) is 10.7 Å². The Kier molecular flexibility index (Phi) is 7.70. The van der Waals surface area contributed by atoms with Crippen LogP contribution in [0, 0.1) is 13.8 Å². The van der Waals surface area contributed by atoms with Gasteiger partial charge in [0.1, 0.15) is 5.56 Å². The second-order valence-corrected chi connectivity index (χ2v) is 7.98. The van der Waals surface area contributed by atoms with Gasteiger partial charge in [-0.15, -0.1) is 0 Å². The number of nitrogens with one attached hydrogen (secondary N) is 1. The zero-order valence-electron chi connectivity index (χ0n) is 18.9. The van der Waals surface area contributed by atoms with Crippen LogP contribution in [-0.4, -0.2) is 28.3 Å². The normalized spacial score (nSPS) is 10.8. The number of hydrogen-bond donors (Lipinski definition) is 1. The van der Waals surface area contributed by atoms with Gasteiger partial charge in [-0.05, 0) is 49.4 Å². The lowest BCUT2D eigenvalue weighted by Crippen LogP contribution is -2.22. The Morgan fingerprint density at radius 1 is 1.00 bits per heavy atom. The Balaban J connectivity index is 1.69. The Labute approximate surface area is 193 Å². The van der Waals surface area contributed by atoms with Gasteiger partial charge in [0.25, 0.3) is 5.91 Å². The maximum atomic E-state index is 12.7. The third-order valence-electron chi connectivity index (χ3n) is 5.46. The second kappa shape index (κ2) is 10.5. The van der Waals surface area contributed by atoms with E-state index >= 15 is 0 Å². The lowest BCUT2D eigenvalue weighted by Gasteiger charge is -2.14. The summed E-state index contributed by atoms with van der Waals surface area (Å²) >= 11 is 6.25. The van der Waals surface area contributed by atoms with Crippen LogP contribution in [0.1, 0.15) is 52.3 Å². The Hall–Kier alpha value is -3.12. The highest BCUT2D eigenvalue weighted by Crippen LogP contribution is 2.23. The van der Waals surface area contributed by atoms with Gasteiger partial charge >= 0.3 is 5.97 Å². The minimum Gasteiger partial charge on any atom is -0.452 e. The van der Waals surface area contributed by atoms with Gasteiger partial charge in [-0.3, -0.25) is 9.48 Å². The summed E-state index contributed by atoms with van der Waals surface area (Å²) < 4.78 is 7.05. The molecule has 0 saturated heterocycles. The summed E-state index contributed by atoms with van der Waals surface area (Å²) in [5, 5.41) is 8.01. The number of para-hydroxylation sites is 1. The molecular weight excluding hydrogens is 426 g/mol. The van der Waals surface area contributed by atoms with Gasteiger partial charge < -0.3 is 10.1 Å². The lowest BCUT2D eigenvalue weighted by molar-refractivity contribution is -0.119. The maximum absolute atomic E-state index is 12.7. The van der Waals surface area contributed by atoms with Crippen molar-refractivity contribution in [3.05, 3.63) is 81.1 Å². The predicted octanol–water partition coefficient (Wildman–Crippen LogP) is 5.12. The standard InChI is InChI=1S/C25H28ClN3O3/c1-5-18-11-9-12-19(6-2)24(18)27-22(30)15-32-25(31)23-16(3)28-29(17(23)4)14-20-10-7-8-13-21(20)26/h7-13H,5-6,14-15H2,1-4H3,(H,27,30). The van der Waals surface area contributed by atoms with E-state index in [0.29, 0.717) is 28.5 Å². The first-order valence-electron chi connectivity index (χ1n) is 10.7. The number of anilines is 1. The van der Waals surface area contributed by atoms with Crippen molar-refractivity contribution in [2.45, 2.75) is 47.1 Å². The summed E-state index contributed by atoms with van der Waals surface area (Å²) in [7, 11) is 0. The first-order chi connectivity index (χ1) is 15.3. The Bertz CT molecular complexity index is 1120. The minimum absolute atomic E-state index is 0.366. The van der Waals surface area contributed by atoms with E-state index in [9.17, 15) is 9.59 Å². The summed E-state index contributed by atoms with van der Waals surface area (Å²) in [4.78, 5) is 25.3. The van der Waals surface area contributed by atoms with E-state index in [-0.39, 0.29) is 12.5 Å². The Morgan fingerprint density at radius 3 is 2.25 bits per heavy atom. The van der Waals surface area contributed by atoms with Crippen LogP contribution >= 0.6 is 11.6 Å². The van der Waals surface area contributed by atoms with Gasteiger partial charge in [0.2, 0.25) is 0 Å². The third-order valence-corrected chi connectivity index (χ3v) is 5.83. The molecule has 0 aliphatic rings. The van der Waals surface area contributed by atoms with Gasteiger partial charge in [0.15, 0.2) is 6.61 Å². The molecule has 0 saturated carbocycles. The number of halogens is 1. The van der Waals surface area contributed by atoms with Crippen molar-refractivity contribution >= 4 is 29.2 Å². The summed E-state index contributed by atoms with van der Waals surface area (Å²) in [6, 6.07) is 13.5. The van der Waals surface area contributed by atoms with E-state index in [1.54, 1.807) is 18.5 Å². The molecule has 0 spiro atoms. The van der Waals surface area contributed by atoms with E-state index in [1.807, 2.05) is 56.3 Å². The lowest BCUT2D eigenvalue weighted by atomic mass is 10.0. The summed E-state index contributed by atoms with van der Waals surface area (Å²) in [5.41, 5.74) is 5.39. The molecule has 3 aromatic rings. The molecule has 0 atom stereocenters. The molecule has 1 amide bonds. The molecule has 6 nitrogen and oxygen atoms in total. The van der Waals surface area contributed by atoms with Crippen molar-refractivity contribution in [2.24, 2.45) is 0 Å². The van der Waals surface area contributed by atoms with Crippen molar-refractivity contribution in [3.63, 3.8) is 0 Å². The fourth-order valence-electron chi connectivity index (χ4n) is 3.72. The zero-order chi connectivity index (χ0) is 23.3. The van der Waals surface area contributed by atoms with Gasteiger partial charge in [-0.25, -0.2) is 4.79 Å². The number of esters is 1. The number of ether oxygens (including phenoxy) is 1. The molecule has 1 aromatic heterocycles. The molecule has 0 fully saturated rings. The highest BCUT2D eigenvalue weighted by atomic mass is 35.5. The molecule has 32 heavy (non-hydrogen) atoms. The van der Waals surface area contributed by atoms with Crippen molar-refractivity contribution in [1.29, 1.82) is 0 Å². The van der Waals surface area contributed by atoms with Crippen molar-refractivity contribution in [2.75, 3.05) is 11.9 Å². The zero-order valence-corrected chi connectivity index (χ0v) is 19.6. The van der Waals surface area contributed by atoms with E-state index < -0.39 is 5.97 Å². The molecular formula is C25H28ClN3O3. The number of carbonyl (C=O) groups is 2. The fourth-order valence-corrected chi connectivity index (χ4v) is 3.91. The van der Waals surface area contributed by atoms with Crippen LogP contribution in [0.3, 0.4) is 0 Å². The molecule has 168 valence electrons. The predicted molar refractivity (Wildman–Crippen MR) is 126 cm³/mol. The number of hydrogen-bond acceptors (Lipinski definition) is 4. The summed E-state index contributed by atoms with van der Waals surface area (Å²) in [6.07, 6.45) is 1.60. The fraction of sp³-hybridized carbons (Fsp3) is 0.320. The maximum Gasteiger partial charge on any atom is 0.342 e. The molecule has 1 N–H and O–H groups in total. The number of rotatable bonds is 8. The quantitative estimate of drug-likeness (QED) is 0.480. The number of aryl methyl sites for hydroxylation is 3. The number of aromatic nitrogens is 2. The topological polar surface area (TPSA) is 73.2 Å². The van der Waals surface area contributed by atoms with Crippen LogP contribution in [0.4, 0.5) is 5.69 Å². The average Bonchev–Trinajstić information content (AvgIpc) is 3.06. The van der Waals surface area contributed by atoms with Crippen LogP contribution in [0.5, 0.6) is 0 Å². The highest BCUT2D eigenvalue weighted by molar-refractivity contribution is 6.31. The minimum atomic E-state index is -0.569. The number of amides is 1. The molecule has 0 radical (unpaired) electrons. The SMILES string of the molecule is CCc1cccc(CC)c1NC(=O)COC(=O)c1c(C)nn(Cc2ccccc2Cl)c1C. The first kappa shape index (κ1) is 23.5. The molecule has 2 aromatic carbocycles. The molecule has 0 aliphatic heterocycles. The Morgan fingerprint density at radius 2 is 1.62 bits per heavy atom. The summed E-state index contributed by atoms with van der Waals surface area (Å²) in [5.74, 6) is -0.937. The van der Waals surface area contributed by atoms with Gasteiger partial charge in [0.05, 0.1) is 17.9 Å². The van der Waals surface area contributed by atoms with Crippen molar-refractivity contribution in [1.82, 2.24) is 9.78 Å². The van der Waals surface area contributed by atoms with Crippen LogP contribution < -0.4 is 5.32 Å². The molecule has 0 bridgehead atoms.